The first-order valence-corrected chi connectivity index (χ1v) is 7.34. The van der Waals surface area contributed by atoms with Gasteiger partial charge in [-0.1, -0.05) is 19.8 Å². The number of carbonyl (C=O) groups is 1. The summed E-state index contributed by atoms with van der Waals surface area (Å²) in [5.41, 5.74) is 6.91. The Morgan fingerprint density at radius 2 is 2.10 bits per heavy atom. The molecule has 1 amide bonds. The predicted molar refractivity (Wildman–Crippen MR) is 80.9 cm³/mol. The number of hydrogen-bond donors (Lipinski definition) is 2. The number of ether oxygens (including phenoxy) is 1. The van der Waals surface area contributed by atoms with Gasteiger partial charge in [0.25, 0.3) is 5.91 Å². The monoisotopic (exact) mass is 276 g/mol. The van der Waals surface area contributed by atoms with Crippen LogP contribution in [-0.4, -0.2) is 19.1 Å². The van der Waals surface area contributed by atoms with E-state index in [1.165, 1.54) is 19.3 Å². The third kappa shape index (κ3) is 3.65. The molecule has 2 rings (SSSR count). The van der Waals surface area contributed by atoms with Gasteiger partial charge in [-0.2, -0.15) is 0 Å². The summed E-state index contributed by atoms with van der Waals surface area (Å²) < 4.78 is 5.10. The number of benzene rings is 1. The summed E-state index contributed by atoms with van der Waals surface area (Å²) >= 11 is 0. The molecule has 2 unspecified atom stereocenters. The average molecular weight is 276 g/mol. The van der Waals surface area contributed by atoms with Crippen molar-refractivity contribution >= 4 is 11.6 Å². The van der Waals surface area contributed by atoms with Crippen LogP contribution in [-0.2, 0) is 0 Å². The highest BCUT2D eigenvalue weighted by molar-refractivity contribution is 5.99. The van der Waals surface area contributed by atoms with E-state index in [-0.39, 0.29) is 11.9 Å². The first kappa shape index (κ1) is 14.7. The van der Waals surface area contributed by atoms with Crippen molar-refractivity contribution in [1.29, 1.82) is 0 Å². The van der Waals surface area contributed by atoms with Gasteiger partial charge >= 0.3 is 0 Å². The molecule has 0 bridgehead atoms. The second kappa shape index (κ2) is 6.64. The average Bonchev–Trinajstić information content (AvgIpc) is 2.63. The van der Waals surface area contributed by atoms with Crippen molar-refractivity contribution in [3.05, 3.63) is 23.8 Å². The number of carbonyl (C=O) groups excluding carboxylic acids is 1. The zero-order chi connectivity index (χ0) is 14.5. The Balaban J connectivity index is 2.00. The van der Waals surface area contributed by atoms with Crippen molar-refractivity contribution in [2.75, 3.05) is 12.8 Å². The van der Waals surface area contributed by atoms with E-state index in [4.69, 9.17) is 10.5 Å². The van der Waals surface area contributed by atoms with E-state index < -0.39 is 0 Å². The van der Waals surface area contributed by atoms with Crippen LogP contribution in [0.2, 0.25) is 0 Å². The molecule has 1 aliphatic carbocycles. The number of rotatable bonds is 3. The fraction of sp³-hybridized carbons (Fsp3) is 0.562. The van der Waals surface area contributed by atoms with E-state index in [0.29, 0.717) is 17.0 Å². The van der Waals surface area contributed by atoms with Crippen LogP contribution >= 0.6 is 0 Å². The number of hydrogen-bond acceptors (Lipinski definition) is 3. The molecular formula is C16H24N2O2. The van der Waals surface area contributed by atoms with Crippen LogP contribution in [0.1, 0.15) is 49.4 Å². The topological polar surface area (TPSA) is 64.3 Å². The number of anilines is 1. The van der Waals surface area contributed by atoms with Crippen molar-refractivity contribution in [3.63, 3.8) is 0 Å². The van der Waals surface area contributed by atoms with Crippen molar-refractivity contribution in [3.8, 4) is 5.75 Å². The molecule has 4 nitrogen and oxygen atoms in total. The van der Waals surface area contributed by atoms with E-state index in [1.54, 1.807) is 25.3 Å². The van der Waals surface area contributed by atoms with E-state index in [9.17, 15) is 4.79 Å². The number of amides is 1. The molecule has 0 heterocycles. The maximum Gasteiger partial charge on any atom is 0.253 e. The molecule has 4 heteroatoms. The van der Waals surface area contributed by atoms with Gasteiger partial charge in [-0.15, -0.1) is 0 Å². The summed E-state index contributed by atoms with van der Waals surface area (Å²) in [5, 5.41) is 3.11. The van der Waals surface area contributed by atoms with Gasteiger partial charge in [-0.05, 0) is 37.3 Å². The van der Waals surface area contributed by atoms with Crippen molar-refractivity contribution in [2.24, 2.45) is 5.92 Å². The SMILES string of the molecule is COc1ccc(C(=O)NC2CCCC(C)CC2)c(N)c1. The van der Waals surface area contributed by atoms with E-state index in [0.717, 1.165) is 18.8 Å². The highest BCUT2D eigenvalue weighted by Crippen LogP contribution is 2.24. The first-order chi connectivity index (χ1) is 9.60. The summed E-state index contributed by atoms with van der Waals surface area (Å²) in [6.07, 6.45) is 5.75. The minimum Gasteiger partial charge on any atom is -0.497 e. The van der Waals surface area contributed by atoms with Gasteiger partial charge in [0.2, 0.25) is 0 Å². The molecule has 0 aliphatic heterocycles. The van der Waals surface area contributed by atoms with Crippen molar-refractivity contribution < 1.29 is 9.53 Å². The Hall–Kier alpha value is -1.71. The molecule has 0 saturated heterocycles. The van der Waals surface area contributed by atoms with Crippen molar-refractivity contribution in [1.82, 2.24) is 5.32 Å². The smallest absolute Gasteiger partial charge is 0.253 e. The van der Waals surface area contributed by atoms with Gasteiger partial charge in [0.15, 0.2) is 0 Å². The van der Waals surface area contributed by atoms with E-state index in [2.05, 4.69) is 12.2 Å². The second-order valence-corrected chi connectivity index (χ2v) is 5.74. The van der Waals surface area contributed by atoms with Crippen LogP contribution in [0, 0.1) is 5.92 Å². The van der Waals surface area contributed by atoms with Gasteiger partial charge in [0.1, 0.15) is 5.75 Å². The molecule has 1 aromatic rings. The van der Waals surface area contributed by atoms with Crippen LogP contribution in [0.25, 0.3) is 0 Å². The van der Waals surface area contributed by atoms with Crippen molar-refractivity contribution in [2.45, 2.75) is 45.1 Å². The molecule has 1 aliphatic rings. The van der Waals surface area contributed by atoms with Gasteiger partial charge in [-0.3, -0.25) is 4.79 Å². The maximum atomic E-state index is 12.3. The standard InChI is InChI=1S/C16H24N2O2/c1-11-4-3-5-12(7-6-11)18-16(19)14-9-8-13(20-2)10-15(14)17/h8-12H,3-7,17H2,1-2H3,(H,18,19). The summed E-state index contributed by atoms with van der Waals surface area (Å²) in [7, 11) is 1.58. The summed E-state index contributed by atoms with van der Waals surface area (Å²) in [6, 6.07) is 5.45. The Kier molecular flexibility index (Phi) is 4.88. The molecule has 2 atom stereocenters. The summed E-state index contributed by atoms with van der Waals surface area (Å²) in [4.78, 5) is 12.3. The number of nitrogens with one attached hydrogen (secondary N) is 1. The maximum absolute atomic E-state index is 12.3. The quantitative estimate of drug-likeness (QED) is 0.659. The number of nitrogens with two attached hydrogens (primary N) is 1. The molecule has 3 N–H and O–H groups in total. The Labute approximate surface area is 120 Å². The molecule has 1 fully saturated rings. The predicted octanol–water partition coefficient (Wildman–Crippen LogP) is 2.98. The lowest BCUT2D eigenvalue weighted by molar-refractivity contribution is 0.0934. The normalized spacial score (nSPS) is 22.9. The molecule has 110 valence electrons. The molecular weight excluding hydrogens is 252 g/mol. The minimum atomic E-state index is -0.0790. The van der Waals surface area contributed by atoms with Gasteiger partial charge in [-0.25, -0.2) is 0 Å². The third-order valence-corrected chi connectivity index (χ3v) is 4.10. The fourth-order valence-corrected chi connectivity index (χ4v) is 2.77. The number of methoxy groups -OCH3 is 1. The lowest BCUT2D eigenvalue weighted by Crippen LogP contribution is -2.34. The van der Waals surface area contributed by atoms with Crippen LogP contribution in [0.4, 0.5) is 5.69 Å². The van der Waals surface area contributed by atoms with Gasteiger partial charge < -0.3 is 15.8 Å². The minimum absolute atomic E-state index is 0.0790. The lowest BCUT2D eigenvalue weighted by Gasteiger charge is -2.17. The highest BCUT2D eigenvalue weighted by atomic mass is 16.5. The molecule has 1 saturated carbocycles. The first-order valence-electron chi connectivity index (χ1n) is 7.34. The lowest BCUT2D eigenvalue weighted by atomic mass is 10.0. The van der Waals surface area contributed by atoms with E-state index in [1.807, 2.05) is 0 Å². The zero-order valence-electron chi connectivity index (χ0n) is 12.3. The second-order valence-electron chi connectivity index (χ2n) is 5.74. The van der Waals surface area contributed by atoms with Crippen LogP contribution in [0.3, 0.4) is 0 Å². The molecule has 0 aromatic heterocycles. The molecule has 20 heavy (non-hydrogen) atoms. The Morgan fingerprint density at radius 3 is 2.80 bits per heavy atom. The molecule has 0 spiro atoms. The Morgan fingerprint density at radius 1 is 1.30 bits per heavy atom. The number of nitrogen functional groups attached to an aromatic ring is 1. The van der Waals surface area contributed by atoms with Crippen LogP contribution in [0.5, 0.6) is 5.75 Å². The molecule has 0 radical (unpaired) electrons. The summed E-state index contributed by atoms with van der Waals surface area (Å²) in [5.74, 6) is 1.36. The summed E-state index contributed by atoms with van der Waals surface area (Å²) in [6.45, 7) is 2.28. The largest absolute Gasteiger partial charge is 0.497 e. The van der Waals surface area contributed by atoms with Crippen LogP contribution < -0.4 is 15.8 Å². The fourth-order valence-electron chi connectivity index (χ4n) is 2.77. The molecule has 1 aromatic carbocycles. The van der Waals surface area contributed by atoms with Gasteiger partial charge in [0.05, 0.1) is 12.7 Å². The zero-order valence-corrected chi connectivity index (χ0v) is 12.3. The van der Waals surface area contributed by atoms with Gasteiger partial charge in [0, 0.05) is 17.8 Å². The van der Waals surface area contributed by atoms with Crippen LogP contribution in [0.15, 0.2) is 18.2 Å². The highest BCUT2D eigenvalue weighted by Gasteiger charge is 2.19. The Bertz CT molecular complexity index is 474. The van der Waals surface area contributed by atoms with E-state index >= 15 is 0 Å². The third-order valence-electron chi connectivity index (χ3n) is 4.10.